The number of fused-ring (bicyclic) bond motifs is 1. The van der Waals surface area contributed by atoms with Gasteiger partial charge >= 0.3 is 0 Å². The lowest BCUT2D eigenvalue weighted by atomic mass is 10.1. The summed E-state index contributed by atoms with van der Waals surface area (Å²) in [6, 6.07) is 8.49. The van der Waals surface area contributed by atoms with Crippen molar-refractivity contribution in [3.05, 3.63) is 29.8 Å². The molecule has 5 nitrogen and oxygen atoms in total. The number of hydrogen-bond acceptors (Lipinski definition) is 4. The van der Waals surface area contributed by atoms with Crippen LogP contribution in [0.2, 0.25) is 0 Å². The van der Waals surface area contributed by atoms with Crippen LogP contribution in [-0.4, -0.2) is 56.4 Å². The molecule has 1 fully saturated rings. The van der Waals surface area contributed by atoms with Gasteiger partial charge in [-0.3, -0.25) is 4.79 Å². The van der Waals surface area contributed by atoms with E-state index in [1.165, 1.54) is 11.3 Å². The molecule has 2 aliphatic rings. The van der Waals surface area contributed by atoms with Gasteiger partial charge in [-0.2, -0.15) is 0 Å². The van der Waals surface area contributed by atoms with E-state index >= 15 is 0 Å². The fourth-order valence-electron chi connectivity index (χ4n) is 3.27. The third kappa shape index (κ3) is 2.96. The number of carbonyl (C=O) groups excluding carboxylic acids is 1. The van der Waals surface area contributed by atoms with Gasteiger partial charge in [0.2, 0.25) is 0 Å². The molecule has 3 rings (SSSR count). The summed E-state index contributed by atoms with van der Waals surface area (Å²) in [7, 11) is 2.09. The van der Waals surface area contributed by atoms with Crippen molar-refractivity contribution in [3.63, 3.8) is 0 Å². The summed E-state index contributed by atoms with van der Waals surface area (Å²) in [5.74, 6) is 0.0525. The zero-order valence-corrected chi connectivity index (χ0v) is 13.3. The average molecular weight is 304 g/mol. The van der Waals surface area contributed by atoms with E-state index in [-0.39, 0.29) is 11.9 Å². The third-order valence-electron chi connectivity index (χ3n) is 4.51. The van der Waals surface area contributed by atoms with Crippen molar-refractivity contribution in [2.75, 3.05) is 38.3 Å². The Kier molecular flexibility index (Phi) is 4.64. The molecule has 0 saturated carbocycles. The number of para-hydroxylation sites is 1. The topological polar surface area (TPSA) is 42.0 Å². The second-order valence-electron chi connectivity index (χ2n) is 5.97. The first-order chi connectivity index (χ1) is 10.7. The first-order valence-corrected chi connectivity index (χ1v) is 7.99. The van der Waals surface area contributed by atoms with E-state index < -0.39 is 6.10 Å². The zero-order valence-electron chi connectivity index (χ0n) is 13.3. The van der Waals surface area contributed by atoms with E-state index in [0.29, 0.717) is 26.4 Å². The van der Waals surface area contributed by atoms with Crippen LogP contribution in [0.4, 0.5) is 5.69 Å². The fourth-order valence-corrected chi connectivity index (χ4v) is 3.27. The van der Waals surface area contributed by atoms with Crippen LogP contribution >= 0.6 is 0 Å². The number of likely N-dealkylation sites (N-methyl/N-ethyl adjacent to an activating group) is 1. The highest BCUT2D eigenvalue weighted by atomic mass is 16.6. The molecule has 5 heteroatoms. The normalized spacial score (nSPS) is 25.5. The van der Waals surface area contributed by atoms with Gasteiger partial charge in [0.05, 0.1) is 19.8 Å². The third-order valence-corrected chi connectivity index (χ3v) is 4.51. The maximum absolute atomic E-state index is 12.9. The van der Waals surface area contributed by atoms with Gasteiger partial charge in [-0.05, 0) is 18.1 Å². The van der Waals surface area contributed by atoms with Gasteiger partial charge in [-0.25, -0.2) is 0 Å². The number of hydrogen-bond donors (Lipinski definition) is 0. The largest absolute Gasteiger partial charge is 0.376 e. The molecule has 0 radical (unpaired) electrons. The summed E-state index contributed by atoms with van der Waals surface area (Å²) in [4.78, 5) is 17.1. The monoisotopic (exact) mass is 304 g/mol. The van der Waals surface area contributed by atoms with Crippen LogP contribution < -0.4 is 4.90 Å². The van der Waals surface area contributed by atoms with Gasteiger partial charge in [0.15, 0.2) is 6.10 Å². The van der Waals surface area contributed by atoms with Crippen LogP contribution in [0.25, 0.3) is 0 Å². The number of benzene rings is 1. The summed E-state index contributed by atoms with van der Waals surface area (Å²) in [5.41, 5.74) is 2.39. The molecule has 0 spiro atoms. The summed E-state index contributed by atoms with van der Waals surface area (Å²) in [6.07, 6.45) is 0.468. The number of carbonyl (C=O) groups is 1. The number of nitrogens with zero attached hydrogens (tertiary/aromatic N) is 2. The number of ether oxygens (including phenoxy) is 2. The summed E-state index contributed by atoms with van der Waals surface area (Å²) < 4.78 is 11.0. The highest BCUT2D eigenvalue weighted by Crippen LogP contribution is 2.27. The maximum Gasteiger partial charge on any atom is 0.254 e. The molecule has 1 aromatic carbocycles. The van der Waals surface area contributed by atoms with E-state index in [4.69, 9.17) is 9.47 Å². The molecule has 2 aliphatic heterocycles. The SMILES string of the molecule is CC[C@H]1CN(C)c2ccccc2CN1C(=O)[C@H]1COCCO1. The molecule has 2 atom stereocenters. The van der Waals surface area contributed by atoms with E-state index in [2.05, 4.69) is 31.0 Å². The predicted octanol–water partition coefficient (Wildman–Crippen LogP) is 1.66. The van der Waals surface area contributed by atoms with E-state index in [1.54, 1.807) is 0 Å². The van der Waals surface area contributed by atoms with Crippen LogP contribution in [0, 0.1) is 0 Å². The van der Waals surface area contributed by atoms with Crippen LogP contribution in [0.1, 0.15) is 18.9 Å². The lowest BCUT2D eigenvalue weighted by molar-refractivity contribution is -0.160. The lowest BCUT2D eigenvalue weighted by Crippen LogP contribution is -2.50. The Balaban J connectivity index is 1.86. The maximum atomic E-state index is 12.9. The Morgan fingerprint density at radius 3 is 2.86 bits per heavy atom. The molecule has 1 amide bonds. The Morgan fingerprint density at radius 2 is 2.14 bits per heavy atom. The molecule has 0 N–H and O–H groups in total. The van der Waals surface area contributed by atoms with Gasteiger partial charge in [0, 0.05) is 31.9 Å². The van der Waals surface area contributed by atoms with Gasteiger partial charge in [-0.1, -0.05) is 25.1 Å². The molecular weight excluding hydrogens is 280 g/mol. The van der Waals surface area contributed by atoms with Gasteiger partial charge < -0.3 is 19.3 Å². The van der Waals surface area contributed by atoms with Crippen molar-refractivity contribution in [1.29, 1.82) is 0 Å². The molecule has 1 aromatic rings. The number of rotatable bonds is 2. The van der Waals surface area contributed by atoms with E-state index in [1.807, 2.05) is 17.0 Å². The smallest absolute Gasteiger partial charge is 0.254 e. The molecule has 1 saturated heterocycles. The molecule has 0 bridgehead atoms. The molecule has 0 unspecified atom stereocenters. The fraction of sp³-hybridized carbons (Fsp3) is 0.588. The summed E-state index contributed by atoms with van der Waals surface area (Å²) in [5, 5.41) is 0. The first-order valence-electron chi connectivity index (χ1n) is 7.99. The van der Waals surface area contributed by atoms with Crippen molar-refractivity contribution in [2.24, 2.45) is 0 Å². The minimum atomic E-state index is -0.460. The highest BCUT2D eigenvalue weighted by molar-refractivity contribution is 5.82. The van der Waals surface area contributed by atoms with Crippen LogP contribution in [0.5, 0.6) is 0 Å². The summed E-state index contributed by atoms with van der Waals surface area (Å²) >= 11 is 0. The quantitative estimate of drug-likeness (QED) is 0.833. The first kappa shape index (κ1) is 15.3. The minimum Gasteiger partial charge on any atom is -0.376 e. The van der Waals surface area contributed by atoms with Gasteiger partial charge in [0.25, 0.3) is 5.91 Å². The molecular formula is C17H24N2O3. The lowest BCUT2D eigenvalue weighted by Gasteiger charge is -2.34. The Labute approximate surface area is 131 Å². The predicted molar refractivity (Wildman–Crippen MR) is 84.9 cm³/mol. The van der Waals surface area contributed by atoms with Crippen molar-refractivity contribution in [3.8, 4) is 0 Å². The summed E-state index contributed by atoms with van der Waals surface area (Å²) in [6.45, 7) is 5.05. The second-order valence-corrected chi connectivity index (χ2v) is 5.97. The number of anilines is 1. The van der Waals surface area contributed by atoms with Crippen molar-refractivity contribution in [2.45, 2.75) is 32.0 Å². The number of amides is 1. The van der Waals surface area contributed by atoms with Crippen molar-refractivity contribution >= 4 is 11.6 Å². The standard InChI is InChI=1S/C17H24N2O3/c1-3-14-11-18(2)15-7-5-4-6-13(15)10-19(14)17(20)16-12-21-8-9-22-16/h4-7,14,16H,3,8-12H2,1-2H3/t14-,16+/m0/s1. The highest BCUT2D eigenvalue weighted by Gasteiger charge is 2.34. The second kappa shape index (κ2) is 6.67. The molecule has 0 aromatic heterocycles. The average Bonchev–Trinajstić information content (AvgIpc) is 2.72. The Morgan fingerprint density at radius 1 is 1.32 bits per heavy atom. The van der Waals surface area contributed by atoms with E-state index in [9.17, 15) is 4.79 Å². The molecule has 120 valence electrons. The van der Waals surface area contributed by atoms with Crippen LogP contribution in [-0.2, 0) is 20.8 Å². The Hall–Kier alpha value is -1.59. The van der Waals surface area contributed by atoms with Crippen molar-refractivity contribution in [1.82, 2.24) is 4.90 Å². The zero-order chi connectivity index (χ0) is 15.5. The van der Waals surface area contributed by atoms with E-state index in [0.717, 1.165) is 13.0 Å². The van der Waals surface area contributed by atoms with Gasteiger partial charge in [-0.15, -0.1) is 0 Å². The Bertz CT molecular complexity index is 528. The minimum absolute atomic E-state index is 0.0525. The van der Waals surface area contributed by atoms with Gasteiger partial charge in [0.1, 0.15) is 0 Å². The molecule has 2 heterocycles. The van der Waals surface area contributed by atoms with Crippen molar-refractivity contribution < 1.29 is 14.3 Å². The molecule has 22 heavy (non-hydrogen) atoms. The van der Waals surface area contributed by atoms with Crippen LogP contribution in [0.15, 0.2) is 24.3 Å². The van der Waals surface area contributed by atoms with Crippen LogP contribution in [0.3, 0.4) is 0 Å². The molecule has 0 aliphatic carbocycles.